The second kappa shape index (κ2) is 8.39. The van der Waals surface area contributed by atoms with Crippen molar-refractivity contribution in [1.82, 2.24) is 15.4 Å². The van der Waals surface area contributed by atoms with E-state index in [1.165, 1.54) is 12.1 Å². The molecule has 0 aromatic heterocycles. The molecule has 2 aliphatic carbocycles. The van der Waals surface area contributed by atoms with Gasteiger partial charge < -0.3 is 10.6 Å². The van der Waals surface area contributed by atoms with Gasteiger partial charge in [-0.3, -0.25) is 9.59 Å². The van der Waals surface area contributed by atoms with E-state index >= 15 is 0 Å². The standard InChI is InChI=1S/C19H27N3O4S/c1-13-7-10-16(27(25,26)22-15-5-3-2-4-6-15)11-17(13)19(24)20-12-18(23)21-14-8-9-14/h7,10-11,14-15,22H,2-6,8-9,12H2,1H3,(H,20,24)(H,21,23). The molecule has 7 nitrogen and oxygen atoms in total. The maximum Gasteiger partial charge on any atom is 0.252 e. The lowest BCUT2D eigenvalue weighted by molar-refractivity contribution is -0.120. The number of carbonyl (C=O) groups excluding carboxylic acids is 2. The molecular formula is C19H27N3O4S. The lowest BCUT2D eigenvalue weighted by Crippen LogP contribution is -2.38. The normalized spacial score (nSPS) is 18.1. The molecule has 3 rings (SSSR count). The van der Waals surface area contributed by atoms with Crippen LogP contribution in [0.1, 0.15) is 60.9 Å². The third kappa shape index (κ3) is 5.52. The molecule has 8 heteroatoms. The summed E-state index contributed by atoms with van der Waals surface area (Å²) < 4.78 is 28.1. The van der Waals surface area contributed by atoms with Crippen LogP contribution >= 0.6 is 0 Å². The molecular weight excluding hydrogens is 366 g/mol. The average molecular weight is 394 g/mol. The Hall–Kier alpha value is -1.93. The zero-order valence-corrected chi connectivity index (χ0v) is 16.4. The van der Waals surface area contributed by atoms with Crippen LogP contribution in [0.4, 0.5) is 0 Å². The lowest BCUT2D eigenvalue weighted by atomic mass is 9.96. The summed E-state index contributed by atoms with van der Waals surface area (Å²) in [5.41, 5.74) is 0.924. The smallest absolute Gasteiger partial charge is 0.252 e. The van der Waals surface area contributed by atoms with Crippen LogP contribution in [0.3, 0.4) is 0 Å². The summed E-state index contributed by atoms with van der Waals surface area (Å²) in [6, 6.07) is 4.70. The Kier molecular flexibility index (Phi) is 6.16. The molecule has 2 aliphatic rings. The fourth-order valence-corrected chi connectivity index (χ4v) is 4.61. The van der Waals surface area contributed by atoms with Crippen LogP contribution in [0.25, 0.3) is 0 Å². The minimum Gasteiger partial charge on any atom is -0.352 e. The molecule has 0 aliphatic heterocycles. The van der Waals surface area contributed by atoms with E-state index in [0.29, 0.717) is 5.56 Å². The number of hydrogen-bond donors (Lipinski definition) is 3. The number of rotatable bonds is 7. The fraction of sp³-hybridized carbons (Fsp3) is 0.579. The van der Waals surface area contributed by atoms with Crippen molar-refractivity contribution in [2.24, 2.45) is 0 Å². The Morgan fingerprint density at radius 3 is 2.41 bits per heavy atom. The van der Waals surface area contributed by atoms with Crippen molar-refractivity contribution in [1.29, 1.82) is 0 Å². The highest BCUT2D eigenvalue weighted by Crippen LogP contribution is 2.21. The van der Waals surface area contributed by atoms with Crippen LogP contribution in [0.2, 0.25) is 0 Å². The van der Waals surface area contributed by atoms with Gasteiger partial charge in [0.05, 0.1) is 11.4 Å². The topological polar surface area (TPSA) is 104 Å². The maximum absolute atomic E-state index is 12.7. The summed E-state index contributed by atoms with van der Waals surface area (Å²) >= 11 is 0. The number of carbonyl (C=O) groups is 2. The van der Waals surface area contributed by atoms with Crippen molar-refractivity contribution in [3.05, 3.63) is 29.3 Å². The molecule has 0 unspecified atom stereocenters. The largest absolute Gasteiger partial charge is 0.352 e. The van der Waals surface area contributed by atoms with Crippen LogP contribution < -0.4 is 15.4 Å². The first-order valence-electron chi connectivity index (χ1n) is 9.56. The minimum atomic E-state index is -3.68. The number of nitrogens with one attached hydrogen (secondary N) is 3. The van der Waals surface area contributed by atoms with Crippen molar-refractivity contribution >= 4 is 21.8 Å². The molecule has 1 aromatic carbocycles. The van der Waals surface area contributed by atoms with E-state index in [1.54, 1.807) is 13.0 Å². The highest BCUT2D eigenvalue weighted by molar-refractivity contribution is 7.89. The van der Waals surface area contributed by atoms with Crippen molar-refractivity contribution in [2.45, 2.75) is 68.8 Å². The van der Waals surface area contributed by atoms with Crippen LogP contribution in [0, 0.1) is 6.92 Å². The summed E-state index contributed by atoms with van der Waals surface area (Å²) in [7, 11) is -3.68. The SMILES string of the molecule is Cc1ccc(S(=O)(=O)NC2CCCCC2)cc1C(=O)NCC(=O)NC1CC1. The van der Waals surface area contributed by atoms with E-state index in [4.69, 9.17) is 0 Å². The quantitative estimate of drug-likeness (QED) is 0.655. The number of amides is 2. The highest BCUT2D eigenvalue weighted by atomic mass is 32.2. The Balaban J connectivity index is 1.66. The van der Waals surface area contributed by atoms with Gasteiger partial charge in [0.1, 0.15) is 0 Å². The first-order chi connectivity index (χ1) is 12.8. The first-order valence-corrected chi connectivity index (χ1v) is 11.0. The van der Waals surface area contributed by atoms with Gasteiger partial charge in [0.2, 0.25) is 15.9 Å². The first kappa shape index (κ1) is 19.8. The average Bonchev–Trinajstić information content (AvgIpc) is 3.44. The van der Waals surface area contributed by atoms with E-state index in [0.717, 1.165) is 44.9 Å². The molecule has 0 spiro atoms. The monoisotopic (exact) mass is 393 g/mol. The Morgan fingerprint density at radius 2 is 1.74 bits per heavy atom. The van der Waals surface area contributed by atoms with Crippen molar-refractivity contribution in [2.75, 3.05) is 6.54 Å². The molecule has 0 bridgehead atoms. The summed E-state index contributed by atoms with van der Waals surface area (Å²) in [4.78, 5) is 24.2. The molecule has 0 heterocycles. The molecule has 2 amide bonds. The second-order valence-electron chi connectivity index (χ2n) is 7.46. The van der Waals surface area contributed by atoms with Crippen LogP contribution in [-0.2, 0) is 14.8 Å². The highest BCUT2D eigenvalue weighted by Gasteiger charge is 2.25. The van der Waals surface area contributed by atoms with Gasteiger partial charge in [-0.05, 0) is 50.3 Å². The summed E-state index contributed by atoms with van der Waals surface area (Å²) in [6.07, 6.45) is 6.83. The molecule has 0 atom stereocenters. The van der Waals surface area contributed by atoms with Crippen molar-refractivity contribution in [3.63, 3.8) is 0 Å². The third-order valence-electron chi connectivity index (χ3n) is 5.04. The lowest BCUT2D eigenvalue weighted by Gasteiger charge is -2.22. The molecule has 2 saturated carbocycles. The summed E-state index contributed by atoms with van der Waals surface area (Å²) in [5.74, 6) is -0.681. The van der Waals surface area contributed by atoms with Crippen LogP contribution in [0.15, 0.2) is 23.1 Å². The van der Waals surface area contributed by atoms with Crippen LogP contribution in [0.5, 0.6) is 0 Å². The molecule has 0 saturated heterocycles. The van der Waals surface area contributed by atoms with E-state index < -0.39 is 15.9 Å². The van der Waals surface area contributed by atoms with Gasteiger partial charge >= 0.3 is 0 Å². The Morgan fingerprint density at radius 1 is 1.04 bits per heavy atom. The molecule has 0 radical (unpaired) electrons. The van der Waals surface area contributed by atoms with Gasteiger partial charge in [-0.15, -0.1) is 0 Å². The van der Waals surface area contributed by atoms with E-state index in [1.807, 2.05) is 0 Å². The van der Waals surface area contributed by atoms with Gasteiger partial charge in [-0.25, -0.2) is 13.1 Å². The van der Waals surface area contributed by atoms with Gasteiger partial charge in [0, 0.05) is 17.6 Å². The van der Waals surface area contributed by atoms with Gasteiger partial charge in [0.25, 0.3) is 5.91 Å². The van der Waals surface area contributed by atoms with E-state index in [2.05, 4.69) is 15.4 Å². The molecule has 148 valence electrons. The fourth-order valence-electron chi connectivity index (χ4n) is 3.28. The molecule has 1 aromatic rings. The summed E-state index contributed by atoms with van der Waals surface area (Å²) in [5, 5.41) is 5.36. The second-order valence-corrected chi connectivity index (χ2v) is 9.17. The van der Waals surface area contributed by atoms with Crippen molar-refractivity contribution in [3.8, 4) is 0 Å². The van der Waals surface area contributed by atoms with Gasteiger partial charge in [-0.1, -0.05) is 25.3 Å². The molecule has 27 heavy (non-hydrogen) atoms. The van der Waals surface area contributed by atoms with Gasteiger partial charge in [-0.2, -0.15) is 0 Å². The molecule has 3 N–H and O–H groups in total. The molecule has 2 fully saturated rings. The number of sulfonamides is 1. The van der Waals surface area contributed by atoms with E-state index in [-0.39, 0.29) is 35.0 Å². The summed E-state index contributed by atoms with van der Waals surface area (Å²) in [6.45, 7) is 1.62. The predicted octanol–water partition coefficient (Wildman–Crippen LogP) is 1.61. The predicted molar refractivity (Wildman–Crippen MR) is 102 cm³/mol. The van der Waals surface area contributed by atoms with Gasteiger partial charge in [0.15, 0.2) is 0 Å². The third-order valence-corrected chi connectivity index (χ3v) is 6.56. The Labute approximate surface area is 160 Å². The Bertz CT molecular complexity index is 812. The number of benzene rings is 1. The zero-order valence-electron chi connectivity index (χ0n) is 15.6. The van der Waals surface area contributed by atoms with E-state index in [9.17, 15) is 18.0 Å². The maximum atomic E-state index is 12.7. The number of aryl methyl sites for hydroxylation is 1. The van der Waals surface area contributed by atoms with Crippen LogP contribution in [-0.4, -0.2) is 38.9 Å². The minimum absolute atomic E-state index is 0.0477. The zero-order chi connectivity index (χ0) is 19.4. The number of hydrogen-bond acceptors (Lipinski definition) is 4. The van der Waals surface area contributed by atoms with Crippen molar-refractivity contribution < 1.29 is 18.0 Å².